The van der Waals surface area contributed by atoms with E-state index in [-0.39, 0.29) is 5.41 Å². The van der Waals surface area contributed by atoms with Crippen LogP contribution in [-0.4, -0.2) is 60.8 Å². The fourth-order valence-electron chi connectivity index (χ4n) is 3.75. The third kappa shape index (κ3) is 3.03. The SMILES string of the molecule is COCCN1CCCC2(CCN(Cc3cc(C)no3)C2)C1=O. The molecule has 1 atom stereocenters. The Labute approximate surface area is 131 Å². The predicted octanol–water partition coefficient (Wildman–Crippen LogP) is 1.44. The van der Waals surface area contributed by atoms with Crippen LogP contribution in [0.3, 0.4) is 0 Å². The number of nitrogens with zero attached hydrogens (tertiary/aromatic N) is 3. The summed E-state index contributed by atoms with van der Waals surface area (Å²) in [4.78, 5) is 17.2. The molecule has 2 saturated heterocycles. The maximum Gasteiger partial charge on any atom is 0.230 e. The predicted molar refractivity (Wildman–Crippen MR) is 81.3 cm³/mol. The van der Waals surface area contributed by atoms with Crippen LogP contribution in [0.15, 0.2) is 10.6 Å². The Kier molecular flexibility index (Phi) is 4.49. The van der Waals surface area contributed by atoms with Crippen LogP contribution in [0.4, 0.5) is 0 Å². The van der Waals surface area contributed by atoms with Gasteiger partial charge in [0.05, 0.1) is 24.3 Å². The second kappa shape index (κ2) is 6.38. The van der Waals surface area contributed by atoms with Crippen LogP contribution >= 0.6 is 0 Å². The zero-order valence-corrected chi connectivity index (χ0v) is 13.5. The van der Waals surface area contributed by atoms with E-state index in [2.05, 4.69) is 10.1 Å². The van der Waals surface area contributed by atoms with Crippen molar-refractivity contribution in [2.24, 2.45) is 5.41 Å². The summed E-state index contributed by atoms with van der Waals surface area (Å²) < 4.78 is 10.4. The number of rotatable bonds is 5. The molecule has 2 aliphatic rings. The second-order valence-corrected chi connectivity index (χ2v) is 6.56. The molecule has 1 aromatic heterocycles. The Morgan fingerprint density at radius 3 is 3.00 bits per heavy atom. The lowest BCUT2D eigenvalue weighted by Crippen LogP contribution is -2.50. The lowest BCUT2D eigenvalue weighted by atomic mass is 9.78. The summed E-state index contributed by atoms with van der Waals surface area (Å²) >= 11 is 0. The molecule has 1 unspecified atom stereocenters. The van der Waals surface area contributed by atoms with Crippen molar-refractivity contribution in [1.29, 1.82) is 0 Å². The van der Waals surface area contributed by atoms with E-state index in [4.69, 9.17) is 9.26 Å². The first-order valence-corrected chi connectivity index (χ1v) is 8.06. The Morgan fingerprint density at radius 2 is 2.27 bits per heavy atom. The Morgan fingerprint density at radius 1 is 1.41 bits per heavy atom. The summed E-state index contributed by atoms with van der Waals surface area (Å²) in [6, 6.07) is 1.97. The molecule has 6 heteroatoms. The number of carbonyl (C=O) groups is 1. The van der Waals surface area contributed by atoms with Crippen molar-refractivity contribution in [1.82, 2.24) is 15.0 Å². The summed E-state index contributed by atoms with van der Waals surface area (Å²) in [5.74, 6) is 1.20. The summed E-state index contributed by atoms with van der Waals surface area (Å²) in [5.41, 5.74) is 0.713. The van der Waals surface area contributed by atoms with Crippen molar-refractivity contribution >= 4 is 5.91 Å². The Hall–Kier alpha value is -1.40. The maximum atomic E-state index is 12.9. The second-order valence-electron chi connectivity index (χ2n) is 6.56. The third-order valence-electron chi connectivity index (χ3n) is 4.88. The largest absolute Gasteiger partial charge is 0.383 e. The number of likely N-dealkylation sites (tertiary alicyclic amines) is 2. The normalized spacial score (nSPS) is 26.3. The standard InChI is InChI=1S/C16H25N3O3/c1-13-10-14(22-17-13)11-18-7-5-16(12-18)4-3-6-19(15(16)20)8-9-21-2/h10H,3-9,11-12H2,1-2H3. The zero-order chi connectivity index (χ0) is 15.6. The molecule has 2 aliphatic heterocycles. The van der Waals surface area contributed by atoms with Crippen LogP contribution in [0, 0.1) is 12.3 Å². The van der Waals surface area contributed by atoms with E-state index in [1.807, 2.05) is 17.9 Å². The first-order chi connectivity index (χ1) is 10.6. The molecule has 22 heavy (non-hydrogen) atoms. The van der Waals surface area contributed by atoms with Crippen LogP contribution in [0.25, 0.3) is 0 Å². The number of aryl methyl sites for hydroxylation is 1. The molecule has 1 spiro atoms. The van der Waals surface area contributed by atoms with Gasteiger partial charge in [0.2, 0.25) is 5.91 Å². The topological polar surface area (TPSA) is 58.8 Å². The van der Waals surface area contributed by atoms with Crippen molar-refractivity contribution in [3.8, 4) is 0 Å². The fourth-order valence-corrected chi connectivity index (χ4v) is 3.75. The smallest absolute Gasteiger partial charge is 0.230 e. The van der Waals surface area contributed by atoms with E-state index in [0.29, 0.717) is 19.1 Å². The van der Waals surface area contributed by atoms with Gasteiger partial charge in [-0.3, -0.25) is 9.69 Å². The molecule has 2 fully saturated rings. The van der Waals surface area contributed by atoms with Gasteiger partial charge in [0.25, 0.3) is 0 Å². The van der Waals surface area contributed by atoms with Crippen molar-refractivity contribution < 1.29 is 14.1 Å². The summed E-state index contributed by atoms with van der Waals surface area (Å²) in [5, 5.41) is 3.93. The van der Waals surface area contributed by atoms with E-state index < -0.39 is 0 Å². The lowest BCUT2D eigenvalue weighted by molar-refractivity contribution is -0.146. The average Bonchev–Trinajstić information content (AvgIpc) is 3.09. The van der Waals surface area contributed by atoms with E-state index in [1.165, 1.54) is 0 Å². The highest BCUT2D eigenvalue weighted by Crippen LogP contribution is 2.40. The van der Waals surface area contributed by atoms with Gasteiger partial charge in [0.1, 0.15) is 0 Å². The van der Waals surface area contributed by atoms with Crippen LogP contribution in [-0.2, 0) is 16.1 Å². The molecule has 122 valence electrons. The lowest BCUT2D eigenvalue weighted by Gasteiger charge is -2.39. The van der Waals surface area contributed by atoms with Gasteiger partial charge in [-0.1, -0.05) is 5.16 Å². The Bertz CT molecular complexity index is 530. The molecule has 6 nitrogen and oxygen atoms in total. The van der Waals surface area contributed by atoms with Crippen LogP contribution < -0.4 is 0 Å². The molecule has 1 aromatic rings. The van der Waals surface area contributed by atoms with Crippen LogP contribution in [0.1, 0.15) is 30.7 Å². The van der Waals surface area contributed by atoms with Crippen molar-refractivity contribution in [3.05, 3.63) is 17.5 Å². The van der Waals surface area contributed by atoms with E-state index >= 15 is 0 Å². The number of carbonyl (C=O) groups excluding carboxylic acids is 1. The minimum atomic E-state index is -0.193. The number of methoxy groups -OCH3 is 1. The fraction of sp³-hybridized carbons (Fsp3) is 0.750. The Balaban J connectivity index is 1.63. The van der Waals surface area contributed by atoms with Gasteiger partial charge in [0, 0.05) is 32.8 Å². The van der Waals surface area contributed by atoms with E-state index in [1.54, 1.807) is 7.11 Å². The molecule has 0 N–H and O–H groups in total. The molecule has 0 aromatic carbocycles. The highest BCUT2D eigenvalue weighted by Gasteiger charge is 2.48. The average molecular weight is 307 g/mol. The number of hydrogen-bond donors (Lipinski definition) is 0. The highest BCUT2D eigenvalue weighted by molar-refractivity contribution is 5.84. The van der Waals surface area contributed by atoms with Gasteiger partial charge in [-0.2, -0.15) is 0 Å². The van der Waals surface area contributed by atoms with Crippen molar-refractivity contribution in [3.63, 3.8) is 0 Å². The first-order valence-electron chi connectivity index (χ1n) is 8.06. The van der Waals surface area contributed by atoms with Gasteiger partial charge < -0.3 is 14.2 Å². The molecule has 1 amide bonds. The monoisotopic (exact) mass is 307 g/mol. The minimum Gasteiger partial charge on any atom is -0.383 e. The number of hydrogen-bond acceptors (Lipinski definition) is 5. The van der Waals surface area contributed by atoms with Crippen molar-refractivity contribution in [2.45, 2.75) is 32.7 Å². The number of piperidine rings is 1. The summed E-state index contributed by atoms with van der Waals surface area (Å²) in [6.45, 7) is 6.63. The van der Waals surface area contributed by atoms with Gasteiger partial charge >= 0.3 is 0 Å². The third-order valence-corrected chi connectivity index (χ3v) is 4.88. The number of amides is 1. The highest BCUT2D eigenvalue weighted by atomic mass is 16.5. The molecule has 3 rings (SSSR count). The summed E-state index contributed by atoms with van der Waals surface area (Å²) in [7, 11) is 1.68. The number of ether oxygens (including phenoxy) is 1. The maximum absolute atomic E-state index is 12.9. The molecule has 0 radical (unpaired) electrons. The van der Waals surface area contributed by atoms with Gasteiger partial charge in [-0.15, -0.1) is 0 Å². The minimum absolute atomic E-state index is 0.193. The number of aromatic nitrogens is 1. The first kappa shape index (κ1) is 15.5. The molecule has 3 heterocycles. The quantitative estimate of drug-likeness (QED) is 0.824. The molecule has 0 saturated carbocycles. The molecule has 0 aliphatic carbocycles. The summed E-state index contributed by atoms with van der Waals surface area (Å²) in [6.07, 6.45) is 3.04. The molecular formula is C16H25N3O3. The zero-order valence-electron chi connectivity index (χ0n) is 13.5. The van der Waals surface area contributed by atoms with Gasteiger partial charge in [-0.05, 0) is 32.7 Å². The van der Waals surface area contributed by atoms with Gasteiger partial charge in [-0.25, -0.2) is 0 Å². The van der Waals surface area contributed by atoms with E-state index in [0.717, 1.165) is 56.9 Å². The van der Waals surface area contributed by atoms with Crippen molar-refractivity contribution in [2.75, 3.05) is 39.9 Å². The molecule has 0 bridgehead atoms. The van der Waals surface area contributed by atoms with E-state index in [9.17, 15) is 4.79 Å². The van der Waals surface area contributed by atoms with Gasteiger partial charge in [0.15, 0.2) is 5.76 Å². The van der Waals surface area contributed by atoms with Crippen LogP contribution in [0.5, 0.6) is 0 Å². The molecular weight excluding hydrogens is 282 g/mol. The van der Waals surface area contributed by atoms with Crippen LogP contribution in [0.2, 0.25) is 0 Å².